The molecule has 0 aliphatic heterocycles. The number of aliphatic carboxylic acids is 1. The van der Waals surface area contributed by atoms with Gasteiger partial charge in [0.1, 0.15) is 0 Å². The Morgan fingerprint density at radius 1 is 0.971 bits per heavy atom. The minimum Gasteiger partial charge on any atom is -0.481 e. The van der Waals surface area contributed by atoms with Gasteiger partial charge in [-0.25, -0.2) is 0 Å². The molecule has 0 bridgehead atoms. The second-order valence-corrected chi connectivity index (χ2v) is 8.92. The zero-order valence-electron chi connectivity index (χ0n) is 19.1. The van der Waals surface area contributed by atoms with E-state index in [4.69, 9.17) is 9.63 Å². The number of aryl methyl sites for hydroxylation is 2. The maximum Gasteiger partial charge on any atom is 0.307 e. The van der Waals surface area contributed by atoms with E-state index in [1.807, 2.05) is 13.0 Å². The molecule has 4 heteroatoms. The third-order valence-electron chi connectivity index (χ3n) is 6.56. The van der Waals surface area contributed by atoms with Gasteiger partial charge in [-0.15, -0.1) is 0 Å². The molecule has 4 aromatic rings. The number of rotatable bonds is 8. The third kappa shape index (κ3) is 4.72. The molecule has 1 aliphatic rings. The van der Waals surface area contributed by atoms with Crippen molar-refractivity contribution in [2.24, 2.45) is 5.92 Å². The summed E-state index contributed by atoms with van der Waals surface area (Å²) in [6, 6.07) is 27.0. The van der Waals surface area contributed by atoms with Crippen LogP contribution in [-0.4, -0.2) is 16.2 Å². The van der Waals surface area contributed by atoms with Gasteiger partial charge in [0.25, 0.3) is 0 Å². The van der Waals surface area contributed by atoms with Crippen LogP contribution < -0.4 is 0 Å². The highest BCUT2D eigenvalue weighted by Crippen LogP contribution is 2.47. The quantitative estimate of drug-likeness (QED) is 0.310. The molecule has 5 rings (SSSR count). The maximum absolute atomic E-state index is 11.1. The van der Waals surface area contributed by atoms with E-state index in [0.717, 1.165) is 58.5 Å². The van der Waals surface area contributed by atoms with Gasteiger partial charge >= 0.3 is 5.97 Å². The lowest BCUT2D eigenvalue weighted by Crippen LogP contribution is -1.98. The Bertz CT molecular complexity index is 1300. The van der Waals surface area contributed by atoms with Gasteiger partial charge in [-0.3, -0.25) is 4.79 Å². The van der Waals surface area contributed by atoms with E-state index in [2.05, 4.69) is 90.1 Å². The molecule has 0 amide bonds. The van der Waals surface area contributed by atoms with Crippen LogP contribution in [0.4, 0.5) is 0 Å². The number of hydrogen-bond donors (Lipinski definition) is 1. The zero-order chi connectivity index (χ0) is 23.5. The van der Waals surface area contributed by atoms with Crippen LogP contribution in [0.2, 0.25) is 0 Å². The van der Waals surface area contributed by atoms with E-state index in [1.54, 1.807) is 0 Å². The number of hydrogen-bond acceptors (Lipinski definition) is 3. The van der Waals surface area contributed by atoms with Crippen molar-refractivity contribution in [1.82, 2.24) is 5.16 Å². The summed E-state index contributed by atoms with van der Waals surface area (Å²) in [4.78, 5) is 11.1. The smallest absolute Gasteiger partial charge is 0.307 e. The predicted octanol–water partition coefficient (Wildman–Crippen LogP) is 7.15. The summed E-state index contributed by atoms with van der Waals surface area (Å²) < 4.78 is 5.67. The van der Waals surface area contributed by atoms with Crippen LogP contribution in [-0.2, 0) is 11.2 Å². The third-order valence-corrected chi connectivity index (χ3v) is 6.56. The highest BCUT2D eigenvalue weighted by Gasteiger charge is 2.43. The summed E-state index contributed by atoms with van der Waals surface area (Å²) in [7, 11) is 0. The van der Waals surface area contributed by atoms with E-state index in [0.29, 0.717) is 0 Å². The first-order chi connectivity index (χ1) is 16.6. The van der Waals surface area contributed by atoms with Gasteiger partial charge in [-0.2, -0.15) is 0 Å². The molecule has 3 aromatic carbocycles. The van der Waals surface area contributed by atoms with E-state index in [-0.39, 0.29) is 11.8 Å². The van der Waals surface area contributed by atoms with E-state index in [9.17, 15) is 4.79 Å². The van der Waals surface area contributed by atoms with Crippen LogP contribution in [0.1, 0.15) is 41.1 Å². The second-order valence-electron chi connectivity index (χ2n) is 8.92. The molecule has 4 nitrogen and oxygen atoms in total. The van der Waals surface area contributed by atoms with Gasteiger partial charge in [-0.05, 0) is 54.4 Å². The van der Waals surface area contributed by atoms with Gasteiger partial charge in [-0.1, -0.05) is 96.2 Å². The van der Waals surface area contributed by atoms with Crippen LogP contribution in [0.5, 0.6) is 0 Å². The van der Waals surface area contributed by atoms with Gasteiger partial charge in [0.2, 0.25) is 0 Å². The Labute approximate surface area is 199 Å². The Kier molecular flexibility index (Phi) is 6.13. The molecule has 2 atom stereocenters. The van der Waals surface area contributed by atoms with Crippen LogP contribution in [0.25, 0.3) is 28.5 Å². The Balaban J connectivity index is 1.27. The molecule has 1 fully saturated rings. The van der Waals surface area contributed by atoms with Crippen LogP contribution in [0.3, 0.4) is 0 Å². The number of carbonyl (C=O) groups is 1. The largest absolute Gasteiger partial charge is 0.481 e. The number of aromatic nitrogens is 1. The van der Waals surface area contributed by atoms with Crippen LogP contribution in [0.15, 0.2) is 89.5 Å². The number of carboxylic acid groups (broad SMARTS) is 1. The molecule has 1 saturated carbocycles. The van der Waals surface area contributed by atoms with Crippen molar-refractivity contribution >= 4 is 12.0 Å². The molecule has 1 heterocycles. The number of nitrogens with zero attached hydrogens (tertiary/aromatic N) is 1. The van der Waals surface area contributed by atoms with Gasteiger partial charge < -0.3 is 9.63 Å². The van der Waals surface area contributed by atoms with Crippen LogP contribution in [0, 0.1) is 12.8 Å². The highest BCUT2D eigenvalue weighted by atomic mass is 16.5. The summed E-state index contributed by atoms with van der Waals surface area (Å²) >= 11 is 0. The first-order valence-electron chi connectivity index (χ1n) is 11.7. The average molecular weight is 450 g/mol. The molecule has 0 saturated heterocycles. The van der Waals surface area contributed by atoms with Gasteiger partial charge in [0.05, 0.1) is 11.6 Å². The fourth-order valence-electron chi connectivity index (χ4n) is 4.45. The van der Waals surface area contributed by atoms with Crippen LogP contribution >= 0.6 is 0 Å². The SMILES string of the molecule is Cc1noc(-c2ccc(-c3ccc([C@H]4C[C@H]4C(=O)O)cc3)cc2)c1/C=C/CCc1ccccc1. The summed E-state index contributed by atoms with van der Waals surface area (Å²) in [5, 5.41) is 13.3. The van der Waals surface area contributed by atoms with Crippen molar-refractivity contribution in [2.75, 3.05) is 0 Å². The Morgan fingerprint density at radius 3 is 2.26 bits per heavy atom. The summed E-state index contributed by atoms with van der Waals surface area (Å²) in [5.41, 5.74) is 7.54. The molecule has 34 heavy (non-hydrogen) atoms. The van der Waals surface area contributed by atoms with Gasteiger partial charge in [0.15, 0.2) is 5.76 Å². The molecular formula is C30H27NO3. The van der Waals surface area contributed by atoms with Crippen molar-refractivity contribution in [3.63, 3.8) is 0 Å². The standard InChI is InChI=1S/C30H27NO3/c1-20-26(10-6-5-9-21-7-3-2-4-8-21)29(34-31-20)25-17-13-23(14-18-25)22-11-15-24(16-12-22)27-19-28(27)30(32)33/h2-4,6-8,10-18,27-28H,5,9,19H2,1H3,(H,32,33)/b10-6+/t27-,28-/m1/s1. The number of allylic oxidation sites excluding steroid dienone is 1. The van der Waals surface area contributed by atoms with E-state index >= 15 is 0 Å². The van der Waals surface area contributed by atoms with Crippen molar-refractivity contribution in [1.29, 1.82) is 0 Å². The van der Waals surface area contributed by atoms with E-state index < -0.39 is 5.97 Å². The van der Waals surface area contributed by atoms with Crippen molar-refractivity contribution < 1.29 is 14.4 Å². The summed E-state index contributed by atoms with van der Waals surface area (Å²) in [6.45, 7) is 1.97. The lowest BCUT2D eigenvalue weighted by atomic mass is 9.99. The molecule has 1 aliphatic carbocycles. The maximum atomic E-state index is 11.1. The van der Waals surface area contributed by atoms with Gasteiger partial charge in [0, 0.05) is 11.1 Å². The second kappa shape index (κ2) is 9.52. The molecule has 0 unspecified atom stereocenters. The molecule has 1 aromatic heterocycles. The normalized spacial score (nSPS) is 17.2. The minimum atomic E-state index is -0.697. The van der Waals surface area contributed by atoms with Crippen molar-refractivity contribution in [3.8, 4) is 22.5 Å². The lowest BCUT2D eigenvalue weighted by molar-refractivity contribution is -0.138. The average Bonchev–Trinajstić information content (AvgIpc) is 3.60. The summed E-state index contributed by atoms with van der Waals surface area (Å²) in [6.07, 6.45) is 6.99. The molecular weight excluding hydrogens is 422 g/mol. The monoisotopic (exact) mass is 449 g/mol. The van der Waals surface area contributed by atoms with E-state index in [1.165, 1.54) is 5.56 Å². The molecule has 0 radical (unpaired) electrons. The molecule has 0 spiro atoms. The summed E-state index contributed by atoms with van der Waals surface area (Å²) in [5.74, 6) is 0.0152. The fraction of sp³-hybridized carbons (Fsp3) is 0.200. The Hall–Kier alpha value is -3.92. The zero-order valence-corrected chi connectivity index (χ0v) is 19.1. The fourth-order valence-corrected chi connectivity index (χ4v) is 4.45. The minimum absolute atomic E-state index is 0.155. The predicted molar refractivity (Wildman–Crippen MR) is 134 cm³/mol. The highest BCUT2D eigenvalue weighted by molar-refractivity contribution is 5.76. The lowest BCUT2D eigenvalue weighted by Gasteiger charge is -2.06. The van der Waals surface area contributed by atoms with Crippen molar-refractivity contribution in [2.45, 2.75) is 32.1 Å². The molecule has 1 N–H and O–H groups in total. The Morgan fingerprint density at radius 2 is 1.62 bits per heavy atom. The topological polar surface area (TPSA) is 63.3 Å². The van der Waals surface area contributed by atoms with Crippen molar-refractivity contribution in [3.05, 3.63) is 107 Å². The number of carboxylic acids is 1. The number of benzene rings is 3. The first kappa shape index (κ1) is 21.9. The first-order valence-corrected chi connectivity index (χ1v) is 11.7. The molecule has 170 valence electrons.